The highest BCUT2D eigenvalue weighted by molar-refractivity contribution is 5.95. The molecule has 0 spiro atoms. The van der Waals surface area contributed by atoms with Crippen LogP contribution in [0.25, 0.3) is 0 Å². The summed E-state index contributed by atoms with van der Waals surface area (Å²) < 4.78 is 0.763. The van der Waals surface area contributed by atoms with Crippen LogP contribution in [0.2, 0.25) is 0 Å². The number of nitrogens with one attached hydrogen (secondary N) is 2. The van der Waals surface area contributed by atoms with Gasteiger partial charge < -0.3 is 0 Å². The van der Waals surface area contributed by atoms with Crippen molar-refractivity contribution in [2.75, 3.05) is 0 Å². The first-order valence-electron chi connectivity index (χ1n) is 5.09. The Hall–Kier alpha value is -2.70. The van der Waals surface area contributed by atoms with Gasteiger partial charge in [0.2, 0.25) is 0 Å². The summed E-state index contributed by atoms with van der Waals surface area (Å²) in [5, 5.41) is 2.03. The van der Waals surface area contributed by atoms with E-state index in [0.29, 0.717) is 5.56 Å². The highest BCUT2D eigenvalue weighted by atomic mass is 16.2. The van der Waals surface area contributed by atoms with Gasteiger partial charge >= 0.3 is 16.8 Å². The number of H-pyrrole nitrogens is 2. The van der Waals surface area contributed by atoms with Crippen molar-refractivity contribution in [1.29, 1.82) is 0 Å². The van der Waals surface area contributed by atoms with Crippen molar-refractivity contribution >= 4 is 5.78 Å². The highest BCUT2D eigenvalue weighted by Crippen LogP contribution is 2.00. The lowest BCUT2D eigenvalue weighted by molar-refractivity contribution is 0.0964. The number of carbonyl (C=O) groups excluding carboxylic acids is 1. The molecule has 2 aromatic rings. The fourth-order valence-electron chi connectivity index (χ4n) is 1.42. The molecule has 0 aliphatic rings. The quantitative estimate of drug-likeness (QED) is 0.542. The van der Waals surface area contributed by atoms with Gasteiger partial charge in [-0.2, -0.15) is 0 Å². The number of nitrogens with zero attached hydrogens (tertiary/aromatic N) is 1. The molecule has 1 aromatic carbocycles. The molecule has 92 valence electrons. The van der Waals surface area contributed by atoms with Crippen molar-refractivity contribution in [1.82, 2.24) is 14.8 Å². The van der Waals surface area contributed by atoms with Gasteiger partial charge in [0.1, 0.15) is 6.54 Å². The molecule has 0 atom stereocenters. The maximum Gasteiger partial charge on any atom is 0.343 e. The van der Waals surface area contributed by atoms with Crippen LogP contribution >= 0.6 is 0 Å². The van der Waals surface area contributed by atoms with E-state index in [-0.39, 0.29) is 12.3 Å². The number of carbonyl (C=O) groups is 1. The molecule has 0 amide bonds. The summed E-state index contributed by atoms with van der Waals surface area (Å²) in [4.78, 5) is 46.8. The molecule has 0 saturated carbocycles. The van der Waals surface area contributed by atoms with Crippen LogP contribution in [0.3, 0.4) is 0 Å². The molecule has 0 radical (unpaired) electrons. The molecular weight excluding hydrogens is 238 g/mol. The molecule has 1 aromatic heterocycles. The Morgan fingerprint density at radius 1 is 1.06 bits per heavy atom. The second kappa shape index (κ2) is 4.66. The Morgan fingerprint density at radius 2 is 1.72 bits per heavy atom. The van der Waals surface area contributed by atoms with Gasteiger partial charge in [0, 0.05) is 5.56 Å². The van der Waals surface area contributed by atoms with Crippen molar-refractivity contribution in [3.63, 3.8) is 0 Å². The van der Waals surface area contributed by atoms with E-state index in [1.165, 1.54) is 0 Å². The third kappa shape index (κ3) is 2.34. The van der Waals surface area contributed by atoms with Gasteiger partial charge in [-0.1, -0.05) is 30.3 Å². The third-order valence-electron chi connectivity index (χ3n) is 2.31. The predicted molar refractivity (Wildman–Crippen MR) is 62.7 cm³/mol. The van der Waals surface area contributed by atoms with Gasteiger partial charge in [-0.3, -0.25) is 24.5 Å². The van der Waals surface area contributed by atoms with E-state index in [2.05, 4.69) is 0 Å². The van der Waals surface area contributed by atoms with Gasteiger partial charge in [0.25, 0.3) is 0 Å². The lowest BCUT2D eigenvalue weighted by atomic mass is 10.1. The zero-order chi connectivity index (χ0) is 13.1. The number of benzene rings is 1. The van der Waals surface area contributed by atoms with Gasteiger partial charge in [-0.15, -0.1) is 0 Å². The number of aromatic amines is 2. The first-order valence-corrected chi connectivity index (χ1v) is 5.09. The summed E-state index contributed by atoms with van der Waals surface area (Å²) >= 11 is 0. The van der Waals surface area contributed by atoms with Crippen LogP contribution < -0.4 is 16.8 Å². The topological polar surface area (TPSA) is 105 Å². The van der Waals surface area contributed by atoms with E-state index in [0.717, 1.165) is 4.68 Å². The first kappa shape index (κ1) is 11.8. The fourth-order valence-corrected chi connectivity index (χ4v) is 1.42. The molecule has 2 N–H and O–H groups in total. The lowest BCUT2D eigenvalue weighted by Gasteiger charge is -2.03. The Balaban J connectivity index is 2.34. The van der Waals surface area contributed by atoms with Gasteiger partial charge in [0.15, 0.2) is 5.78 Å². The van der Waals surface area contributed by atoms with Crippen molar-refractivity contribution in [3.05, 3.63) is 67.1 Å². The number of hydrogen-bond acceptors (Lipinski definition) is 4. The van der Waals surface area contributed by atoms with Crippen molar-refractivity contribution in [3.8, 4) is 0 Å². The molecule has 0 aliphatic carbocycles. The molecule has 2 rings (SSSR count). The summed E-state index contributed by atoms with van der Waals surface area (Å²) in [5.74, 6) is -0.347. The fraction of sp³-hybridized carbons (Fsp3) is 0.0909. The van der Waals surface area contributed by atoms with Crippen LogP contribution in [0, 0.1) is 0 Å². The molecule has 0 bridgehead atoms. The van der Waals surface area contributed by atoms with Crippen LogP contribution in [0.4, 0.5) is 0 Å². The Kier molecular flexibility index (Phi) is 3.05. The van der Waals surface area contributed by atoms with Gasteiger partial charge in [-0.25, -0.2) is 9.48 Å². The standard InChI is InChI=1S/C11H9N3O4/c15-8(7-4-2-1-3-5-7)6-14-11(18)12-9(16)10(17)13-14/h1-5H,6H2,(H,13,17)(H,12,16,18). The number of rotatable bonds is 3. The maximum absolute atomic E-state index is 11.8. The number of aromatic nitrogens is 3. The Morgan fingerprint density at radius 3 is 2.39 bits per heavy atom. The SMILES string of the molecule is O=C(Cn1[nH]c(=O)c(=O)[nH]c1=O)c1ccccc1. The maximum atomic E-state index is 11.8. The normalized spacial score (nSPS) is 10.2. The van der Waals surface area contributed by atoms with E-state index in [9.17, 15) is 19.2 Å². The molecule has 0 saturated heterocycles. The molecular formula is C11H9N3O4. The summed E-state index contributed by atoms with van der Waals surface area (Å²) in [6.07, 6.45) is 0. The van der Waals surface area contributed by atoms with E-state index >= 15 is 0 Å². The van der Waals surface area contributed by atoms with Gasteiger partial charge in [0.05, 0.1) is 0 Å². The van der Waals surface area contributed by atoms with E-state index in [1.54, 1.807) is 30.3 Å². The molecule has 0 fully saturated rings. The van der Waals surface area contributed by atoms with Crippen molar-refractivity contribution < 1.29 is 4.79 Å². The largest absolute Gasteiger partial charge is 0.343 e. The highest BCUT2D eigenvalue weighted by Gasteiger charge is 2.08. The van der Waals surface area contributed by atoms with Crippen molar-refractivity contribution in [2.45, 2.75) is 6.54 Å². The first-order chi connectivity index (χ1) is 8.58. The molecule has 1 heterocycles. The van der Waals surface area contributed by atoms with Gasteiger partial charge in [-0.05, 0) is 0 Å². The molecule has 0 unspecified atom stereocenters. The zero-order valence-corrected chi connectivity index (χ0v) is 9.17. The number of Topliss-reactive ketones (excluding diaryl/α,β-unsaturated/α-hetero) is 1. The Bertz CT molecular complexity index is 739. The monoisotopic (exact) mass is 247 g/mol. The zero-order valence-electron chi connectivity index (χ0n) is 9.17. The predicted octanol–water partition coefficient (Wildman–Crippen LogP) is -0.892. The Labute approximate surface area is 99.7 Å². The summed E-state index contributed by atoms with van der Waals surface area (Å²) in [7, 11) is 0. The van der Waals surface area contributed by atoms with Crippen LogP contribution in [-0.4, -0.2) is 20.5 Å². The summed E-state index contributed by atoms with van der Waals surface area (Å²) in [6, 6.07) is 8.32. The van der Waals surface area contributed by atoms with Crippen LogP contribution in [0.5, 0.6) is 0 Å². The van der Waals surface area contributed by atoms with E-state index in [4.69, 9.17) is 0 Å². The minimum Gasteiger partial charge on any atom is -0.292 e. The second-order valence-electron chi connectivity index (χ2n) is 3.58. The minimum absolute atomic E-state index is 0.338. The molecule has 7 nitrogen and oxygen atoms in total. The van der Waals surface area contributed by atoms with Crippen LogP contribution in [-0.2, 0) is 6.54 Å². The van der Waals surface area contributed by atoms with E-state index < -0.39 is 16.8 Å². The molecule has 18 heavy (non-hydrogen) atoms. The third-order valence-corrected chi connectivity index (χ3v) is 2.31. The number of ketones is 1. The van der Waals surface area contributed by atoms with Crippen LogP contribution in [0.15, 0.2) is 44.7 Å². The van der Waals surface area contributed by atoms with E-state index in [1.807, 2.05) is 10.1 Å². The summed E-state index contributed by atoms with van der Waals surface area (Å²) in [6.45, 7) is -0.338. The average molecular weight is 247 g/mol. The average Bonchev–Trinajstić information content (AvgIpc) is 2.37. The summed E-state index contributed by atoms with van der Waals surface area (Å²) in [5.41, 5.74) is -2.43. The molecule has 0 aliphatic heterocycles. The molecule has 7 heteroatoms. The number of hydrogen-bond donors (Lipinski definition) is 2. The lowest BCUT2D eigenvalue weighted by Crippen LogP contribution is -2.43. The second-order valence-corrected chi connectivity index (χ2v) is 3.58. The smallest absolute Gasteiger partial charge is 0.292 e. The van der Waals surface area contributed by atoms with Crippen molar-refractivity contribution in [2.24, 2.45) is 0 Å². The van der Waals surface area contributed by atoms with Crippen LogP contribution in [0.1, 0.15) is 10.4 Å². The minimum atomic E-state index is -1.04.